The van der Waals surface area contributed by atoms with Crippen LogP contribution in [0.5, 0.6) is 0 Å². The van der Waals surface area contributed by atoms with Crippen molar-refractivity contribution in [2.24, 2.45) is 17.3 Å². The summed E-state index contributed by atoms with van der Waals surface area (Å²) in [5.41, 5.74) is -8.45. The molecule has 2 bridgehead atoms. The number of benzene rings is 1. The van der Waals surface area contributed by atoms with E-state index in [-0.39, 0.29) is 16.7 Å². The quantitative estimate of drug-likeness (QED) is 0.225. The van der Waals surface area contributed by atoms with Crippen LogP contribution in [0.2, 0.25) is 0 Å². The lowest BCUT2D eigenvalue weighted by molar-refractivity contribution is -0.360. The first-order valence-electron chi connectivity index (χ1n) is 17.1. The molecule has 3 fully saturated rings. The van der Waals surface area contributed by atoms with Crippen LogP contribution in [0.1, 0.15) is 79.0 Å². The van der Waals surface area contributed by atoms with Gasteiger partial charge in [-0.15, -0.1) is 0 Å². The standard InChI is InChI=1S/C38H42O15/c1-20(2)31(41)50-27-26-28(40)38(53-35(26,4)5)36(6,45)16-25(49-33(43)23-12-14-46-17-23)29(51-34(44)24-13-15-47-18-24)37(38,19-48-21(3)39)30(27)52-32(42)22-10-8-7-9-11-22/h7-15,17-18,20,25-30,40,45H,16,19H2,1-6H3/t25-,26+,27-,28+,29-,30+,36-,37-,38-/m0/s1. The van der Waals surface area contributed by atoms with Gasteiger partial charge in [0, 0.05) is 13.3 Å². The predicted molar refractivity (Wildman–Crippen MR) is 178 cm³/mol. The fraction of sp³-hybridized carbons (Fsp3) is 0.500. The molecule has 2 saturated carbocycles. The van der Waals surface area contributed by atoms with Gasteiger partial charge in [0.1, 0.15) is 42.4 Å². The van der Waals surface area contributed by atoms with Gasteiger partial charge in [-0.1, -0.05) is 32.0 Å². The average Bonchev–Trinajstić information content (AvgIpc) is 3.86. The highest BCUT2D eigenvalue weighted by molar-refractivity contribution is 5.91. The Morgan fingerprint density at radius 3 is 1.92 bits per heavy atom. The Morgan fingerprint density at radius 1 is 0.811 bits per heavy atom. The molecule has 1 aromatic carbocycles. The van der Waals surface area contributed by atoms with Crippen LogP contribution in [0, 0.1) is 17.3 Å². The molecule has 1 aliphatic heterocycles. The monoisotopic (exact) mass is 738 g/mol. The summed E-state index contributed by atoms with van der Waals surface area (Å²) in [6, 6.07) is 10.4. The van der Waals surface area contributed by atoms with Gasteiger partial charge in [0.25, 0.3) is 0 Å². The predicted octanol–water partition coefficient (Wildman–Crippen LogP) is 3.66. The molecular weight excluding hydrogens is 696 g/mol. The Hall–Kier alpha value is -4.99. The molecule has 15 nitrogen and oxygen atoms in total. The Balaban J connectivity index is 1.66. The Kier molecular flexibility index (Phi) is 9.81. The van der Waals surface area contributed by atoms with Gasteiger partial charge >= 0.3 is 29.8 Å². The van der Waals surface area contributed by atoms with E-state index >= 15 is 0 Å². The lowest BCUT2D eigenvalue weighted by Gasteiger charge is -2.66. The number of esters is 5. The van der Waals surface area contributed by atoms with Gasteiger partial charge < -0.3 is 47.5 Å². The molecule has 1 saturated heterocycles. The zero-order valence-corrected chi connectivity index (χ0v) is 30.0. The highest BCUT2D eigenvalue weighted by Crippen LogP contribution is 2.69. The molecule has 15 heteroatoms. The number of aliphatic hydroxyl groups is 2. The zero-order chi connectivity index (χ0) is 38.5. The number of aliphatic hydroxyl groups excluding tert-OH is 1. The fourth-order valence-corrected chi connectivity index (χ4v) is 8.36. The molecule has 53 heavy (non-hydrogen) atoms. The van der Waals surface area contributed by atoms with E-state index in [1.165, 1.54) is 43.7 Å². The molecule has 6 rings (SSSR count). The third-order valence-corrected chi connectivity index (χ3v) is 10.6. The molecule has 0 amide bonds. The molecule has 3 aromatic rings. The summed E-state index contributed by atoms with van der Waals surface area (Å²) in [6.07, 6.45) is -4.45. The van der Waals surface area contributed by atoms with Crippen molar-refractivity contribution in [3.63, 3.8) is 0 Å². The average molecular weight is 739 g/mol. The third-order valence-electron chi connectivity index (χ3n) is 10.6. The smallest absolute Gasteiger partial charge is 0.341 e. The molecule has 284 valence electrons. The van der Waals surface area contributed by atoms with Crippen LogP contribution in [-0.2, 0) is 38.0 Å². The van der Waals surface area contributed by atoms with Crippen LogP contribution in [-0.4, -0.2) is 94.0 Å². The molecule has 2 aromatic heterocycles. The maximum Gasteiger partial charge on any atom is 0.341 e. The summed E-state index contributed by atoms with van der Waals surface area (Å²) in [5.74, 6) is -6.43. The lowest BCUT2D eigenvalue weighted by atomic mass is 9.45. The van der Waals surface area contributed by atoms with Crippen molar-refractivity contribution < 1.29 is 71.4 Å². The van der Waals surface area contributed by atoms with Crippen molar-refractivity contribution in [2.75, 3.05) is 6.61 Å². The van der Waals surface area contributed by atoms with Crippen LogP contribution in [0.25, 0.3) is 0 Å². The van der Waals surface area contributed by atoms with Gasteiger partial charge in [-0.3, -0.25) is 9.59 Å². The normalized spacial score (nSPS) is 32.6. The molecule has 1 spiro atoms. The molecule has 0 unspecified atom stereocenters. The van der Waals surface area contributed by atoms with E-state index in [0.29, 0.717) is 0 Å². The number of hydrogen-bond donors (Lipinski definition) is 2. The number of carbonyl (C=O) groups excluding carboxylic acids is 5. The third kappa shape index (κ3) is 6.19. The first-order valence-corrected chi connectivity index (χ1v) is 17.1. The van der Waals surface area contributed by atoms with Crippen LogP contribution >= 0.6 is 0 Å². The van der Waals surface area contributed by atoms with Crippen molar-refractivity contribution in [3.8, 4) is 0 Å². The minimum absolute atomic E-state index is 0.0309. The Bertz CT molecular complexity index is 1830. The molecular formula is C38H42O15. The number of rotatable bonds is 10. The van der Waals surface area contributed by atoms with Crippen molar-refractivity contribution in [1.82, 2.24) is 0 Å². The summed E-state index contributed by atoms with van der Waals surface area (Å²) >= 11 is 0. The Labute approximate surface area is 304 Å². The zero-order valence-electron chi connectivity index (χ0n) is 30.0. The lowest BCUT2D eigenvalue weighted by Crippen LogP contribution is -2.85. The first kappa shape index (κ1) is 37.8. The van der Waals surface area contributed by atoms with Gasteiger partial charge in [0.05, 0.1) is 58.4 Å². The van der Waals surface area contributed by atoms with Gasteiger partial charge in [-0.05, 0) is 45.0 Å². The van der Waals surface area contributed by atoms with Gasteiger partial charge in [-0.2, -0.15) is 0 Å². The van der Waals surface area contributed by atoms with Gasteiger partial charge in [-0.25, -0.2) is 14.4 Å². The minimum atomic E-state index is -2.38. The van der Waals surface area contributed by atoms with Gasteiger partial charge in [0.2, 0.25) is 0 Å². The second-order valence-corrected chi connectivity index (χ2v) is 14.8. The largest absolute Gasteiger partial charge is 0.472 e. The maximum atomic E-state index is 14.1. The molecule has 0 radical (unpaired) electrons. The van der Waals surface area contributed by atoms with Crippen LogP contribution in [0.3, 0.4) is 0 Å². The number of hydrogen-bond acceptors (Lipinski definition) is 15. The van der Waals surface area contributed by atoms with E-state index in [4.69, 9.17) is 37.3 Å². The number of carbonyl (C=O) groups is 5. The summed E-state index contributed by atoms with van der Waals surface area (Å²) < 4.78 is 47.4. The molecule has 9 atom stereocenters. The maximum absolute atomic E-state index is 14.1. The van der Waals surface area contributed by atoms with E-state index in [1.807, 2.05) is 0 Å². The van der Waals surface area contributed by atoms with Crippen molar-refractivity contribution in [3.05, 3.63) is 84.2 Å². The molecule has 2 aliphatic carbocycles. The summed E-state index contributed by atoms with van der Waals surface area (Å²) in [7, 11) is 0. The van der Waals surface area contributed by atoms with Gasteiger partial charge in [0.15, 0.2) is 12.2 Å². The molecule has 3 heterocycles. The summed E-state index contributed by atoms with van der Waals surface area (Å²) in [4.78, 5) is 68.0. The van der Waals surface area contributed by atoms with E-state index in [0.717, 1.165) is 19.5 Å². The highest BCUT2D eigenvalue weighted by Gasteiger charge is 2.88. The number of ether oxygens (including phenoxy) is 6. The number of fused-ring (bicyclic) bond motifs is 1. The van der Waals surface area contributed by atoms with E-state index in [9.17, 15) is 34.2 Å². The summed E-state index contributed by atoms with van der Waals surface area (Å²) in [6.45, 7) is 7.89. The van der Waals surface area contributed by atoms with E-state index < -0.39 is 107 Å². The second-order valence-electron chi connectivity index (χ2n) is 14.8. The Morgan fingerprint density at radius 2 is 1.38 bits per heavy atom. The summed E-state index contributed by atoms with van der Waals surface area (Å²) in [5, 5.41) is 25.3. The minimum Gasteiger partial charge on any atom is -0.472 e. The van der Waals surface area contributed by atoms with Crippen LogP contribution in [0.15, 0.2) is 76.4 Å². The second kappa shape index (κ2) is 13.8. The number of furan rings is 2. The highest BCUT2D eigenvalue weighted by atomic mass is 16.6. The topological polar surface area (TPSA) is 207 Å². The van der Waals surface area contributed by atoms with Crippen LogP contribution in [0.4, 0.5) is 0 Å². The fourth-order valence-electron chi connectivity index (χ4n) is 8.36. The van der Waals surface area contributed by atoms with Crippen molar-refractivity contribution in [2.45, 2.75) is 95.3 Å². The molecule has 3 aliphatic rings. The van der Waals surface area contributed by atoms with Crippen molar-refractivity contribution >= 4 is 29.8 Å². The van der Waals surface area contributed by atoms with Crippen molar-refractivity contribution in [1.29, 1.82) is 0 Å². The van der Waals surface area contributed by atoms with E-state index in [2.05, 4.69) is 0 Å². The first-order chi connectivity index (χ1) is 25.0. The van der Waals surface area contributed by atoms with E-state index in [1.54, 1.807) is 45.9 Å². The van der Waals surface area contributed by atoms with Crippen LogP contribution < -0.4 is 0 Å². The SMILES string of the molecule is CC(=O)OC[C@]12[C@H](OC(=O)c3ccccc3)[C@@H](OC(=O)C(C)C)[C@@H]3[C@@H](O)[C@]1(OC3(C)C)[C@@](C)(O)C[C@H](OC(=O)c1ccoc1)[C@@H]2OC(=O)c1ccoc1. The molecule has 2 N–H and O–H groups in total.